The predicted octanol–water partition coefficient (Wildman–Crippen LogP) is 3.14. The summed E-state index contributed by atoms with van der Waals surface area (Å²) in [5, 5.41) is 3.54. The van der Waals surface area contributed by atoms with Crippen LogP contribution in [0.2, 0.25) is 0 Å². The van der Waals surface area contributed by atoms with Gasteiger partial charge in [-0.2, -0.15) is 0 Å². The molecular weight excluding hydrogens is 264 g/mol. The molecule has 0 radical (unpaired) electrons. The quantitative estimate of drug-likeness (QED) is 0.873. The topological polar surface area (TPSA) is 33.7 Å². The van der Waals surface area contributed by atoms with Gasteiger partial charge in [0.05, 0.1) is 18.8 Å². The van der Waals surface area contributed by atoms with Crippen LogP contribution in [0.4, 0.5) is 11.4 Å². The first-order valence-electron chi connectivity index (χ1n) is 7.74. The normalized spacial score (nSPS) is 17.6. The number of methoxy groups -OCH3 is 1. The second-order valence-corrected chi connectivity index (χ2v) is 6.36. The van der Waals surface area contributed by atoms with E-state index in [-0.39, 0.29) is 5.60 Å². The van der Waals surface area contributed by atoms with Crippen LogP contribution in [0.3, 0.4) is 0 Å². The largest absolute Gasteiger partial charge is 0.382 e. The van der Waals surface area contributed by atoms with Gasteiger partial charge < -0.3 is 19.7 Å². The molecule has 118 valence electrons. The predicted molar refractivity (Wildman–Crippen MR) is 88.3 cm³/mol. The summed E-state index contributed by atoms with van der Waals surface area (Å²) in [5.74, 6) is 0. The maximum absolute atomic E-state index is 5.49. The Labute approximate surface area is 128 Å². The Morgan fingerprint density at radius 3 is 2.43 bits per heavy atom. The highest BCUT2D eigenvalue weighted by molar-refractivity contribution is 5.55. The molecule has 4 nitrogen and oxygen atoms in total. The molecule has 1 aromatic rings. The van der Waals surface area contributed by atoms with Crippen LogP contribution in [0.25, 0.3) is 0 Å². The summed E-state index contributed by atoms with van der Waals surface area (Å²) in [5.41, 5.74) is 2.33. The van der Waals surface area contributed by atoms with E-state index < -0.39 is 0 Å². The van der Waals surface area contributed by atoms with Crippen LogP contribution in [0.1, 0.15) is 27.2 Å². The van der Waals surface area contributed by atoms with Crippen LogP contribution < -0.4 is 10.2 Å². The average molecular weight is 292 g/mol. The summed E-state index contributed by atoms with van der Waals surface area (Å²) in [4.78, 5) is 2.37. The van der Waals surface area contributed by atoms with Crippen LogP contribution in [0, 0.1) is 0 Å². The van der Waals surface area contributed by atoms with Crippen molar-refractivity contribution in [3.63, 3.8) is 0 Å². The first-order chi connectivity index (χ1) is 10.00. The first kappa shape index (κ1) is 16.1. The van der Waals surface area contributed by atoms with Crippen LogP contribution in [-0.4, -0.2) is 45.1 Å². The molecule has 1 N–H and O–H groups in total. The van der Waals surface area contributed by atoms with E-state index in [0.29, 0.717) is 6.04 Å². The van der Waals surface area contributed by atoms with Crippen molar-refractivity contribution in [3.05, 3.63) is 24.3 Å². The second kappa shape index (κ2) is 7.14. The molecule has 1 fully saturated rings. The Kier molecular flexibility index (Phi) is 5.48. The van der Waals surface area contributed by atoms with E-state index in [4.69, 9.17) is 9.47 Å². The molecule has 1 unspecified atom stereocenters. The molecule has 0 aromatic heterocycles. The molecule has 0 aliphatic carbocycles. The number of nitrogens with one attached hydrogen (secondary N) is 1. The Morgan fingerprint density at radius 2 is 1.86 bits per heavy atom. The Bertz CT molecular complexity index is 425. The molecular formula is C17H28N2O2. The molecule has 1 aliphatic heterocycles. The summed E-state index contributed by atoms with van der Waals surface area (Å²) in [6.45, 7) is 10.0. The molecule has 21 heavy (non-hydrogen) atoms. The number of nitrogens with zero attached hydrogens (tertiary/aromatic N) is 1. The number of rotatable bonds is 6. The third-order valence-corrected chi connectivity index (χ3v) is 4.01. The molecule has 2 rings (SSSR count). The van der Waals surface area contributed by atoms with E-state index in [1.54, 1.807) is 7.11 Å². The summed E-state index contributed by atoms with van der Waals surface area (Å²) >= 11 is 0. The van der Waals surface area contributed by atoms with E-state index in [0.717, 1.165) is 38.4 Å². The van der Waals surface area contributed by atoms with Crippen LogP contribution >= 0.6 is 0 Å². The molecule has 0 spiro atoms. The number of anilines is 2. The van der Waals surface area contributed by atoms with E-state index in [2.05, 4.69) is 55.3 Å². The van der Waals surface area contributed by atoms with Gasteiger partial charge in [0, 0.05) is 37.6 Å². The zero-order chi connectivity index (χ0) is 15.3. The fraction of sp³-hybridized carbons (Fsp3) is 0.647. The van der Waals surface area contributed by atoms with Gasteiger partial charge in [-0.3, -0.25) is 0 Å². The average Bonchev–Trinajstić information content (AvgIpc) is 2.48. The molecule has 4 heteroatoms. The molecule has 1 saturated heterocycles. The highest BCUT2D eigenvalue weighted by Crippen LogP contribution is 2.22. The maximum atomic E-state index is 5.49. The van der Waals surface area contributed by atoms with Crippen LogP contribution in [0.15, 0.2) is 24.3 Å². The molecule has 1 heterocycles. The Morgan fingerprint density at radius 1 is 1.24 bits per heavy atom. The zero-order valence-electron chi connectivity index (χ0n) is 13.7. The summed E-state index contributed by atoms with van der Waals surface area (Å²) in [7, 11) is 1.77. The van der Waals surface area contributed by atoms with Crippen LogP contribution in [-0.2, 0) is 9.47 Å². The minimum absolute atomic E-state index is 0.0971. The fourth-order valence-corrected chi connectivity index (χ4v) is 2.75. The van der Waals surface area contributed by atoms with Gasteiger partial charge in [-0.1, -0.05) is 0 Å². The van der Waals surface area contributed by atoms with Gasteiger partial charge in [0.1, 0.15) is 0 Å². The van der Waals surface area contributed by atoms with Gasteiger partial charge in [0.2, 0.25) is 0 Å². The van der Waals surface area contributed by atoms with Gasteiger partial charge >= 0.3 is 0 Å². The number of benzene rings is 1. The van der Waals surface area contributed by atoms with E-state index in [9.17, 15) is 0 Å². The minimum Gasteiger partial charge on any atom is -0.382 e. The fourth-order valence-electron chi connectivity index (χ4n) is 2.75. The van der Waals surface area contributed by atoms with Gasteiger partial charge in [-0.15, -0.1) is 0 Å². The molecule has 0 amide bonds. The number of ether oxygens (including phenoxy) is 2. The van der Waals surface area contributed by atoms with Crippen molar-refractivity contribution in [2.75, 3.05) is 43.6 Å². The number of hydrogen-bond acceptors (Lipinski definition) is 4. The van der Waals surface area contributed by atoms with Crippen molar-refractivity contribution in [1.82, 2.24) is 0 Å². The lowest BCUT2D eigenvalue weighted by Gasteiger charge is -2.29. The lowest BCUT2D eigenvalue weighted by atomic mass is 9.99. The SMILES string of the molecule is COC(C)(C)CC(C)Nc1ccc(N2CCOCC2)cc1. The van der Waals surface area contributed by atoms with E-state index in [1.165, 1.54) is 5.69 Å². The van der Waals surface area contributed by atoms with Crippen molar-refractivity contribution < 1.29 is 9.47 Å². The standard InChI is InChI=1S/C17H28N2O2/c1-14(13-17(2,3)20-4)18-15-5-7-16(8-6-15)19-9-11-21-12-10-19/h5-8,14,18H,9-13H2,1-4H3. The summed E-state index contributed by atoms with van der Waals surface area (Å²) in [6.07, 6.45) is 0.967. The molecule has 0 saturated carbocycles. The van der Waals surface area contributed by atoms with E-state index in [1.807, 2.05) is 0 Å². The summed E-state index contributed by atoms with van der Waals surface area (Å²) < 4.78 is 10.9. The zero-order valence-corrected chi connectivity index (χ0v) is 13.7. The van der Waals surface area contributed by atoms with Crippen molar-refractivity contribution in [2.24, 2.45) is 0 Å². The summed E-state index contributed by atoms with van der Waals surface area (Å²) in [6, 6.07) is 9.04. The smallest absolute Gasteiger partial charge is 0.0642 e. The van der Waals surface area contributed by atoms with Gasteiger partial charge in [0.25, 0.3) is 0 Å². The third kappa shape index (κ3) is 4.90. The van der Waals surface area contributed by atoms with Gasteiger partial charge in [-0.25, -0.2) is 0 Å². The van der Waals surface area contributed by atoms with Crippen LogP contribution in [0.5, 0.6) is 0 Å². The first-order valence-corrected chi connectivity index (χ1v) is 7.74. The van der Waals surface area contributed by atoms with Gasteiger partial charge in [0.15, 0.2) is 0 Å². The molecule has 1 aliphatic rings. The monoisotopic (exact) mass is 292 g/mol. The highest BCUT2D eigenvalue weighted by Gasteiger charge is 2.20. The number of hydrogen-bond donors (Lipinski definition) is 1. The molecule has 1 aromatic carbocycles. The van der Waals surface area contributed by atoms with Gasteiger partial charge in [-0.05, 0) is 51.5 Å². The minimum atomic E-state index is -0.0971. The Hall–Kier alpha value is -1.26. The lowest BCUT2D eigenvalue weighted by molar-refractivity contribution is 0.0128. The van der Waals surface area contributed by atoms with Crippen molar-refractivity contribution in [3.8, 4) is 0 Å². The molecule has 0 bridgehead atoms. The third-order valence-electron chi connectivity index (χ3n) is 4.01. The maximum Gasteiger partial charge on any atom is 0.0642 e. The van der Waals surface area contributed by atoms with E-state index >= 15 is 0 Å². The molecule has 1 atom stereocenters. The van der Waals surface area contributed by atoms with Crippen molar-refractivity contribution >= 4 is 11.4 Å². The van der Waals surface area contributed by atoms with Crippen molar-refractivity contribution in [2.45, 2.75) is 38.8 Å². The highest BCUT2D eigenvalue weighted by atomic mass is 16.5. The lowest BCUT2D eigenvalue weighted by Crippen LogP contribution is -2.36. The Balaban J connectivity index is 1.89. The number of morpholine rings is 1. The second-order valence-electron chi connectivity index (χ2n) is 6.36. The van der Waals surface area contributed by atoms with Crippen molar-refractivity contribution in [1.29, 1.82) is 0 Å².